The van der Waals surface area contributed by atoms with Gasteiger partial charge in [0.1, 0.15) is 16.0 Å². The van der Waals surface area contributed by atoms with Crippen molar-refractivity contribution in [2.75, 3.05) is 6.61 Å². The molecule has 1 aliphatic rings. The number of fused-ring (bicyclic) bond motifs is 3. The van der Waals surface area contributed by atoms with Crippen LogP contribution in [0.15, 0.2) is 18.2 Å². The van der Waals surface area contributed by atoms with Gasteiger partial charge in [-0.15, -0.1) is 11.3 Å². The highest BCUT2D eigenvalue weighted by molar-refractivity contribution is 7.17. The maximum atomic E-state index is 11.3. The van der Waals surface area contributed by atoms with Gasteiger partial charge < -0.3 is 14.4 Å². The number of hydrogen-bond acceptors (Lipinski definition) is 5. The summed E-state index contributed by atoms with van der Waals surface area (Å²) in [4.78, 5) is 15.9. The average molecular weight is 353 g/mol. The quantitative estimate of drug-likeness (QED) is 0.758. The zero-order chi connectivity index (χ0) is 17.7. The number of thiazole rings is 1. The van der Waals surface area contributed by atoms with Crippen LogP contribution in [-0.4, -0.2) is 27.2 Å². The van der Waals surface area contributed by atoms with E-state index in [0.29, 0.717) is 29.5 Å². The van der Waals surface area contributed by atoms with E-state index in [-0.39, 0.29) is 10.9 Å². The van der Waals surface area contributed by atoms with E-state index >= 15 is 0 Å². The van der Waals surface area contributed by atoms with Gasteiger partial charge >= 0.3 is 5.97 Å². The summed E-state index contributed by atoms with van der Waals surface area (Å²) in [6.07, 6.45) is 0. The maximum Gasteiger partial charge on any atom is 0.347 e. The Balaban J connectivity index is 1.95. The molecule has 0 saturated carbocycles. The molecule has 0 amide bonds. The molecular weight excluding hydrogens is 338 g/mol. The second-order valence-electron chi connectivity index (χ2n) is 6.18. The molecule has 1 aliphatic heterocycles. The Morgan fingerprint density at radius 2 is 2.28 bits per heavy atom. The van der Waals surface area contributed by atoms with Gasteiger partial charge in [-0.1, -0.05) is 0 Å². The minimum Gasteiger partial charge on any atom is -0.477 e. The SMILES string of the molecule is Cc1nc(-c2cc(C#N)c3c(c2)cc2n3C(C)COC2)sc1C(=O)O. The Morgan fingerprint density at radius 1 is 1.48 bits per heavy atom. The molecule has 3 heterocycles. The third kappa shape index (κ3) is 2.42. The van der Waals surface area contributed by atoms with Crippen LogP contribution < -0.4 is 0 Å². The molecule has 7 heteroatoms. The summed E-state index contributed by atoms with van der Waals surface area (Å²) < 4.78 is 7.76. The van der Waals surface area contributed by atoms with E-state index in [1.54, 1.807) is 13.0 Å². The standard InChI is InChI=1S/C18H15N3O3S/c1-9-7-24-8-14-5-11-3-12(4-13(6-19)15(11)21(9)14)17-20-10(2)16(25-17)18(22)23/h3-5,9H,7-8H2,1-2H3,(H,22,23). The number of carbonyl (C=O) groups is 1. The Labute approximate surface area is 147 Å². The lowest BCUT2D eigenvalue weighted by molar-refractivity contribution is 0.0654. The molecular formula is C18H15N3O3S. The second kappa shape index (κ2) is 5.69. The molecule has 0 spiro atoms. The molecule has 1 atom stereocenters. The van der Waals surface area contributed by atoms with Gasteiger partial charge in [0.05, 0.1) is 36.0 Å². The summed E-state index contributed by atoms with van der Waals surface area (Å²) in [6.45, 7) is 4.90. The van der Waals surface area contributed by atoms with Crippen molar-refractivity contribution < 1.29 is 14.6 Å². The zero-order valence-electron chi connectivity index (χ0n) is 13.7. The third-order valence-corrected chi connectivity index (χ3v) is 5.61. The summed E-state index contributed by atoms with van der Waals surface area (Å²) in [5.74, 6) is -0.979. The minimum absolute atomic E-state index is 0.167. The number of benzene rings is 1. The number of aromatic nitrogens is 2. The Morgan fingerprint density at radius 3 is 2.96 bits per heavy atom. The van der Waals surface area contributed by atoms with Crippen molar-refractivity contribution in [3.05, 3.63) is 40.0 Å². The first-order valence-electron chi connectivity index (χ1n) is 7.86. The molecule has 0 radical (unpaired) electrons. The van der Waals surface area contributed by atoms with E-state index in [1.165, 1.54) is 0 Å². The molecule has 0 fully saturated rings. The van der Waals surface area contributed by atoms with Gasteiger partial charge in [0.15, 0.2) is 0 Å². The summed E-state index contributed by atoms with van der Waals surface area (Å²) in [5, 5.41) is 20.5. The largest absolute Gasteiger partial charge is 0.477 e. The molecule has 25 heavy (non-hydrogen) atoms. The fourth-order valence-electron chi connectivity index (χ4n) is 3.38. The van der Waals surface area contributed by atoms with Crippen molar-refractivity contribution in [2.45, 2.75) is 26.5 Å². The van der Waals surface area contributed by atoms with Crippen LogP contribution in [0.1, 0.15) is 39.6 Å². The van der Waals surface area contributed by atoms with Gasteiger partial charge in [-0.25, -0.2) is 9.78 Å². The van der Waals surface area contributed by atoms with E-state index in [1.807, 2.05) is 12.1 Å². The fraction of sp³-hybridized carbons (Fsp3) is 0.278. The molecule has 2 aromatic heterocycles. The van der Waals surface area contributed by atoms with Crippen molar-refractivity contribution in [3.8, 4) is 16.6 Å². The molecule has 3 aromatic rings. The highest BCUT2D eigenvalue weighted by atomic mass is 32.1. The average Bonchev–Trinajstić information content (AvgIpc) is 3.15. The second-order valence-corrected chi connectivity index (χ2v) is 7.18. The predicted molar refractivity (Wildman–Crippen MR) is 93.8 cm³/mol. The number of carboxylic acid groups (broad SMARTS) is 1. The fourth-order valence-corrected chi connectivity index (χ4v) is 4.27. The van der Waals surface area contributed by atoms with Crippen molar-refractivity contribution in [2.24, 2.45) is 0 Å². The Kier molecular flexibility index (Phi) is 3.60. The lowest BCUT2D eigenvalue weighted by atomic mass is 10.1. The van der Waals surface area contributed by atoms with Gasteiger partial charge in [-0.05, 0) is 32.0 Å². The normalized spacial score (nSPS) is 16.6. The van der Waals surface area contributed by atoms with Crippen LogP contribution in [-0.2, 0) is 11.3 Å². The number of ether oxygens (including phenoxy) is 1. The van der Waals surface area contributed by atoms with E-state index in [4.69, 9.17) is 4.74 Å². The van der Waals surface area contributed by atoms with E-state index in [9.17, 15) is 15.2 Å². The van der Waals surface area contributed by atoms with Gasteiger partial charge in [-0.2, -0.15) is 5.26 Å². The predicted octanol–water partition coefficient (Wildman–Crippen LogP) is 3.73. The number of carboxylic acids is 1. The van der Waals surface area contributed by atoms with Crippen molar-refractivity contribution in [3.63, 3.8) is 0 Å². The van der Waals surface area contributed by atoms with Gasteiger partial charge in [0.2, 0.25) is 0 Å². The van der Waals surface area contributed by atoms with Crippen LogP contribution in [0.4, 0.5) is 0 Å². The Hall–Kier alpha value is -2.69. The van der Waals surface area contributed by atoms with Crippen molar-refractivity contribution in [1.29, 1.82) is 5.26 Å². The molecule has 4 rings (SSSR count). The minimum atomic E-state index is -0.979. The molecule has 126 valence electrons. The summed E-state index contributed by atoms with van der Waals surface area (Å²) >= 11 is 1.13. The van der Waals surface area contributed by atoms with Gasteiger partial charge in [0, 0.05) is 16.6 Å². The number of aryl methyl sites for hydroxylation is 1. The highest BCUT2D eigenvalue weighted by Gasteiger charge is 2.23. The molecule has 0 bridgehead atoms. The molecule has 6 nitrogen and oxygen atoms in total. The molecule has 1 unspecified atom stereocenters. The number of nitrogens with zero attached hydrogens (tertiary/aromatic N) is 3. The molecule has 1 N–H and O–H groups in total. The van der Waals surface area contributed by atoms with Crippen LogP contribution in [0.5, 0.6) is 0 Å². The lowest BCUT2D eigenvalue weighted by Crippen LogP contribution is -2.20. The molecule has 1 aromatic carbocycles. The van der Waals surface area contributed by atoms with E-state index in [2.05, 4.69) is 22.5 Å². The maximum absolute atomic E-state index is 11.3. The summed E-state index contributed by atoms with van der Waals surface area (Å²) in [7, 11) is 0. The van der Waals surface area contributed by atoms with Gasteiger partial charge in [-0.3, -0.25) is 0 Å². The van der Waals surface area contributed by atoms with E-state index < -0.39 is 5.97 Å². The topological polar surface area (TPSA) is 88.1 Å². The van der Waals surface area contributed by atoms with Crippen LogP contribution in [0.25, 0.3) is 21.5 Å². The first-order valence-corrected chi connectivity index (χ1v) is 8.68. The van der Waals surface area contributed by atoms with Crippen molar-refractivity contribution >= 4 is 28.2 Å². The van der Waals surface area contributed by atoms with Crippen molar-refractivity contribution in [1.82, 2.24) is 9.55 Å². The van der Waals surface area contributed by atoms with Crippen LogP contribution in [0.2, 0.25) is 0 Å². The van der Waals surface area contributed by atoms with Gasteiger partial charge in [0.25, 0.3) is 0 Å². The smallest absolute Gasteiger partial charge is 0.347 e. The molecule has 0 saturated heterocycles. The summed E-state index contributed by atoms with van der Waals surface area (Å²) in [5.41, 5.74) is 3.77. The van der Waals surface area contributed by atoms with Crippen LogP contribution in [0.3, 0.4) is 0 Å². The number of nitriles is 1. The molecule has 0 aliphatic carbocycles. The monoisotopic (exact) mass is 353 g/mol. The highest BCUT2D eigenvalue weighted by Crippen LogP contribution is 2.36. The third-order valence-electron chi connectivity index (χ3n) is 4.42. The zero-order valence-corrected chi connectivity index (χ0v) is 14.6. The van der Waals surface area contributed by atoms with Crippen LogP contribution >= 0.6 is 11.3 Å². The number of rotatable bonds is 2. The first kappa shape index (κ1) is 15.8. The van der Waals surface area contributed by atoms with Crippen LogP contribution in [0, 0.1) is 18.3 Å². The Bertz CT molecular complexity index is 1060. The number of hydrogen-bond donors (Lipinski definition) is 1. The van der Waals surface area contributed by atoms with E-state index in [0.717, 1.165) is 33.5 Å². The summed E-state index contributed by atoms with van der Waals surface area (Å²) in [6, 6.07) is 8.25. The lowest BCUT2D eigenvalue weighted by Gasteiger charge is -2.24. The number of aromatic carboxylic acids is 1. The first-order chi connectivity index (χ1) is 12.0.